The average Bonchev–Trinajstić information content (AvgIpc) is 2.27. The molecule has 0 bridgehead atoms. The Morgan fingerprint density at radius 2 is 2.12 bits per heavy atom. The van der Waals surface area contributed by atoms with Gasteiger partial charge in [0.2, 0.25) is 11.8 Å². The van der Waals surface area contributed by atoms with Gasteiger partial charge < -0.3 is 20.1 Å². The lowest BCUT2D eigenvalue weighted by atomic mass is 10.4. The highest BCUT2D eigenvalue weighted by Crippen LogP contribution is 2.16. The Morgan fingerprint density at radius 1 is 1.41 bits per heavy atom. The van der Waals surface area contributed by atoms with Crippen LogP contribution in [-0.4, -0.2) is 43.4 Å². The Kier molecular flexibility index (Phi) is 4.96. The van der Waals surface area contributed by atoms with E-state index in [2.05, 4.69) is 9.97 Å². The summed E-state index contributed by atoms with van der Waals surface area (Å²) in [5.41, 5.74) is 5.59. The summed E-state index contributed by atoms with van der Waals surface area (Å²) in [6.45, 7) is 5.38. The Morgan fingerprint density at radius 3 is 2.71 bits per heavy atom. The van der Waals surface area contributed by atoms with E-state index < -0.39 is 0 Å². The first kappa shape index (κ1) is 13.5. The molecule has 0 aromatic carbocycles. The van der Waals surface area contributed by atoms with Gasteiger partial charge in [0.1, 0.15) is 5.82 Å². The van der Waals surface area contributed by atoms with Crippen molar-refractivity contribution in [3.8, 4) is 5.88 Å². The third kappa shape index (κ3) is 4.44. The molecule has 0 radical (unpaired) electrons. The predicted molar refractivity (Wildman–Crippen MR) is 67.4 cm³/mol. The number of ether oxygens (including phenoxy) is 2. The van der Waals surface area contributed by atoms with Crippen LogP contribution in [-0.2, 0) is 4.74 Å². The van der Waals surface area contributed by atoms with Crippen LogP contribution in [0.4, 0.5) is 11.8 Å². The van der Waals surface area contributed by atoms with E-state index in [-0.39, 0.29) is 12.1 Å². The first-order valence-electron chi connectivity index (χ1n) is 5.54. The van der Waals surface area contributed by atoms with Gasteiger partial charge in [-0.05, 0) is 13.8 Å². The van der Waals surface area contributed by atoms with Gasteiger partial charge >= 0.3 is 0 Å². The van der Waals surface area contributed by atoms with Crippen molar-refractivity contribution in [2.45, 2.75) is 20.0 Å². The van der Waals surface area contributed by atoms with Crippen LogP contribution in [0.2, 0.25) is 0 Å². The van der Waals surface area contributed by atoms with E-state index in [0.717, 1.165) is 12.4 Å². The lowest BCUT2D eigenvalue weighted by molar-refractivity contribution is 0.0845. The summed E-state index contributed by atoms with van der Waals surface area (Å²) in [6.07, 6.45) is 0.230. The summed E-state index contributed by atoms with van der Waals surface area (Å²) in [7, 11) is 3.47. The number of hydrogen-bond donors (Lipinski definition) is 1. The highest BCUT2D eigenvalue weighted by molar-refractivity contribution is 5.44. The fourth-order valence-corrected chi connectivity index (χ4v) is 1.27. The fourth-order valence-electron chi connectivity index (χ4n) is 1.27. The van der Waals surface area contributed by atoms with Crippen molar-refractivity contribution in [2.75, 3.05) is 37.9 Å². The molecule has 0 aliphatic carbocycles. The summed E-state index contributed by atoms with van der Waals surface area (Å²) in [6, 6.07) is 1.74. The van der Waals surface area contributed by atoms with Crippen molar-refractivity contribution in [1.82, 2.24) is 9.97 Å². The molecule has 1 rings (SSSR count). The predicted octanol–water partition coefficient (Wildman–Crippen LogP) is 0.929. The van der Waals surface area contributed by atoms with Gasteiger partial charge in [-0.2, -0.15) is 9.97 Å². The molecule has 0 fully saturated rings. The smallest absolute Gasteiger partial charge is 0.225 e. The maximum atomic E-state index is 5.59. The molecule has 2 N–H and O–H groups in total. The van der Waals surface area contributed by atoms with Crippen molar-refractivity contribution >= 4 is 11.8 Å². The zero-order valence-corrected chi connectivity index (χ0v) is 10.8. The molecule has 0 aliphatic heterocycles. The van der Waals surface area contributed by atoms with Gasteiger partial charge in [0, 0.05) is 19.7 Å². The molecule has 6 nitrogen and oxygen atoms in total. The number of aromatic nitrogens is 2. The number of nitrogens with two attached hydrogens (primary N) is 1. The van der Waals surface area contributed by atoms with Crippen molar-refractivity contribution in [2.24, 2.45) is 0 Å². The summed E-state index contributed by atoms with van der Waals surface area (Å²) < 4.78 is 10.5. The van der Waals surface area contributed by atoms with Crippen LogP contribution in [0.15, 0.2) is 6.07 Å². The maximum Gasteiger partial charge on any atom is 0.225 e. The van der Waals surface area contributed by atoms with E-state index >= 15 is 0 Å². The minimum absolute atomic E-state index is 0.205. The van der Waals surface area contributed by atoms with Crippen molar-refractivity contribution in [3.05, 3.63) is 6.07 Å². The third-order valence-corrected chi connectivity index (χ3v) is 2.18. The van der Waals surface area contributed by atoms with Gasteiger partial charge in [-0.25, -0.2) is 0 Å². The molecule has 0 unspecified atom stereocenters. The zero-order chi connectivity index (χ0) is 12.8. The van der Waals surface area contributed by atoms with Crippen LogP contribution in [0.1, 0.15) is 13.8 Å². The summed E-state index contributed by atoms with van der Waals surface area (Å²) in [5, 5.41) is 0. The van der Waals surface area contributed by atoms with Crippen LogP contribution in [0.5, 0.6) is 5.88 Å². The van der Waals surface area contributed by atoms with Crippen LogP contribution in [0, 0.1) is 0 Å². The molecule has 1 aromatic heterocycles. The molecule has 17 heavy (non-hydrogen) atoms. The first-order valence-corrected chi connectivity index (χ1v) is 5.54. The van der Waals surface area contributed by atoms with Gasteiger partial charge in [-0.3, -0.25) is 0 Å². The molecule has 0 saturated heterocycles. The summed E-state index contributed by atoms with van der Waals surface area (Å²) in [4.78, 5) is 10.0. The maximum absolute atomic E-state index is 5.59. The molecule has 1 aromatic rings. The van der Waals surface area contributed by atoms with Gasteiger partial charge in [0.05, 0.1) is 19.8 Å². The van der Waals surface area contributed by atoms with E-state index in [1.54, 1.807) is 13.2 Å². The molecule has 0 saturated carbocycles. The summed E-state index contributed by atoms with van der Waals surface area (Å²) in [5.74, 6) is 1.39. The highest BCUT2D eigenvalue weighted by Gasteiger charge is 2.07. The molecule has 0 spiro atoms. The lowest BCUT2D eigenvalue weighted by Crippen LogP contribution is -2.25. The second kappa shape index (κ2) is 6.24. The van der Waals surface area contributed by atoms with Crippen molar-refractivity contribution in [3.63, 3.8) is 0 Å². The minimum Gasteiger partial charge on any atom is -0.481 e. The number of anilines is 2. The Labute approximate surface area is 102 Å². The Bertz CT molecular complexity index is 357. The van der Waals surface area contributed by atoms with E-state index in [0.29, 0.717) is 12.5 Å². The zero-order valence-electron chi connectivity index (χ0n) is 10.8. The first-order chi connectivity index (χ1) is 8.02. The molecule has 0 atom stereocenters. The van der Waals surface area contributed by atoms with Crippen molar-refractivity contribution in [1.29, 1.82) is 0 Å². The van der Waals surface area contributed by atoms with Crippen LogP contribution >= 0.6 is 0 Å². The number of hydrogen-bond acceptors (Lipinski definition) is 6. The lowest BCUT2D eigenvalue weighted by Gasteiger charge is -2.19. The Balaban J connectivity index is 2.61. The number of likely N-dealkylation sites (N-methyl/N-ethyl adjacent to an activating group) is 1. The van der Waals surface area contributed by atoms with Gasteiger partial charge in [-0.1, -0.05) is 0 Å². The molecule has 1 heterocycles. The molecule has 6 heteroatoms. The molecule has 0 amide bonds. The molecular weight excluding hydrogens is 220 g/mol. The van der Waals surface area contributed by atoms with Crippen molar-refractivity contribution < 1.29 is 9.47 Å². The van der Waals surface area contributed by atoms with Gasteiger partial charge in [0.15, 0.2) is 0 Å². The number of nitrogen functional groups attached to an aromatic ring is 1. The van der Waals surface area contributed by atoms with Gasteiger partial charge in [-0.15, -0.1) is 0 Å². The van der Waals surface area contributed by atoms with E-state index in [1.165, 1.54) is 0 Å². The number of methoxy groups -OCH3 is 1. The Hall–Kier alpha value is -1.56. The molecular formula is C11H20N4O2. The molecule has 0 aliphatic rings. The standard InChI is InChI=1S/C11H20N4O2/c1-8(2)17-6-5-15(3)9-7-10(16-4)14-11(12)13-9/h7-8H,5-6H2,1-4H3,(H2,12,13,14). The number of nitrogens with zero attached hydrogens (tertiary/aromatic N) is 3. The largest absolute Gasteiger partial charge is 0.481 e. The van der Waals surface area contributed by atoms with E-state index in [9.17, 15) is 0 Å². The monoisotopic (exact) mass is 240 g/mol. The van der Waals surface area contributed by atoms with E-state index in [1.807, 2.05) is 25.8 Å². The SMILES string of the molecule is COc1cc(N(C)CCOC(C)C)nc(N)n1. The summed E-state index contributed by atoms with van der Waals surface area (Å²) >= 11 is 0. The quantitative estimate of drug-likeness (QED) is 0.797. The van der Waals surface area contributed by atoms with Crippen LogP contribution in [0.25, 0.3) is 0 Å². The average molecular weight is 240 g/mol. The topological polar surface area (TPSA) is 73.5 Å². The van der Waals surface area contributed by atoms with Crippen LogP contribution < -0.4 is 15.4 Å². The second-order valence-electron chi connectivity index (χ2n) is 3.97. The molecule has 96 valence electrons. The minimum atomic E-state index is 0.205. The highest BCUT2D eigenvalue weighted by atomic mass is 16.5. The van der Waals surface area contributed by atoms with E-state index in [4.69, 9.17) is 15.2 Å². The fraction of sp³-hybridized carbons (Fsp3) is 0.636. The normalized spacial score (nSPS) is 10.6. The number of rotatable bonds is 6. The van der Waals surface area contributed by atoms with Gasteiger partial charge in [0.25, 0.3) is 0 Å². The van der Waals surface area contributed by atoms with Crippen LogP contribution in [0.3, 0.4) is 0 Å². The third-order valence-electron chi connectivity index (χ3n) is 2.18. The second-order valence-corrected chi connectivity index (χ2v) is 3.97.